The van der Waals surface area contributed by atoms with Gasteiger partial charge in [0.05, 0.1) is 36.9 Å². The highest BCUT2D eigenvalue weighted by molar-refractivity contribution is 7.09. The number of carbonyl (C=O) groups is 1. The zero-order chi connectivity index (χ0) is 19.1. The van der Waals surface area contributed by atoms with Crippen LogP contribution in [0.15, 0.2) is 29.8 Å². The van der Waals surface area contributed by atoms with E-state index in [0.717, 1.165) is 16.7 Å². The average molecular weight is 398 g/mol. The minimum atomic E-state index is -0.480. The summed E-state index contributed by atoms with van der Waals surface area (Å²) < 4.78 is 13.4. The summed E-state index contributed by atoms with van der Waals surface area (Å²) >= 11 is 1.69. The van der Waals surface area contributed by atoms with Gasteiger partial charge in [0, 0.05) is 36.5 Å². The number of thiophene rings is 1. The first-order chi connectivity index (χ1) is 13.6. The highest BCUT2D eigenvalue weighted by Crippen LogP contribution is 2.32. The Bertz CT molecular complexity index is 998. The van der Waals surface area contributed by atoms with Crippen LogP contribution in [0.1, 0.15) is 33.8 Å². The van der Waals surface area contributed by atoms with Gasteiger partial charge < -0.3 is 14.4 Å². The van der Waals surface area contributed by atoms with E-state index >= 15 is 0 Å². The Balaban J connectivity index is 1.42. The highest BCUT2D eigenvalue weighted by Gasteiger charge is 2.41. The molecular weight excluding hydrogens is 376 g/mol. The van der Waals surface area contributed by atoms with Crippen LogP contribution in [-0.2, 0) is 16.0 Å². The molecule has 0 atom stereocenters. The topological polar surface area (TPSA) is 69.5 Å². The number of rotatable bonds is 3. The molecular formula is C20H22N4O3S. The van der Waals surface area contributed by atoms with Crippen molar-refractivity contribution in [3.8, 4) is 0 Å². The number of amides is 1. The van der Waals surface area contributed by atoms with E-state index in [2.05, 4.69) is 21.5 Å². The van der Waals surface area contributed by atoms with Crippen LogP contribution in [0.4, 0.5) is 0 Å². The number of aromatic nitrogens is 3. The van der Waals surface area contributed by atoms with Gasteiger partial charge in [-0.05, 0) is 24.4 Å². The number of hydrogen-bond donors (Lipinski definition) is 0. The van der Waals surface area contributed by atoms with Gasteiger partial charge in [0.15, 0.2) is 11.4 Å². The molecule has 1 amide bonds. The maximum atomic E-state index is 13.3. The largest absolute Gasteiger partial charge is 0.347 e. The number of pyridine rings is 1. The van der Waals surface area contributed by atoms with E-state index in [-0.39, 0.29) is 5.91 Å². The molecule has 3 aromatic rings. The van der Waals surface area contributed by atoms with Crippen LogP contribution in [0, 0.1) is 6.92 Å². The Morgan fingerprint density at radius 2 is 2.07 bits per heavy atom. The summed E-state index contributed by atoms with van der Waals surface area (Å²) in [6.45, 7) is 5.12. The molecule has 0 unspecified atom stereocenters. The van der Waals surface area contributed by atoms with E-state index in [1.165, 1.54) is 4.88 Å². The molecule has 1 spiro atoms. The lowest BCUT2D eigenvalue weighted by atomic mass is 10.0. The normalized spacial score (nSPS) is 19.0. The lowest BCUT2D eigenvalue weighted by Crippen LogP contribution is -2.47. The third-order valence-corrected chi connectivity index (χ3v) is 6.34. The van der Waals surface area contributed by atoms with Crippen molar-refractivity contribution >= 4 is 28.3 Å². The molecule has 8 heteroatoms. The van der Waals surface area contributed by atoms with Crippen molar-refractivity contribution < 1.29 is 14.3 Å². The van der Waals surface area contributed by atoms with Gasteiger partial charge in [-0.1, -0.05) is 6.07 Å². The fraction of sp³-hybridized carbons (Fsp3) is 0.450. The van der Waals surface area contributed by atoms with E-state index in [0.29, 0.717) is 51.3 Å². The third kappa shape index (κ3) is 3.11. The van der Waals surface area contributed by atoms with Crippen molar-refractivity contribution in [2.45, 2.75) is 32.1 Å². The van der Waals surface area contributed by atoms with Crippen molar-refractivity contribution in [3.63, 3.8) is 0 Å². The maximum absolute atomic E-state index is 13.3. The van der Waals surface area contributed by atoms with Gasteiger partial charge in [0.25, 0.3) is 5.91 Å². The van der Waals surface area contributed by atoms with Crippen molar-refractivity contribution in [1.82, 2.24) is 19.7 Å². The van der Waals surface area contributed by atoms with Crippen LogP contribution in [0.2, 0.25) is 0 Å². The summed E-state index contributed by atoms with van der Waals surface area (Å²) in [5.74, 6) is -0.453. The smallest absolute Gasteiger partial charge is 0.254 e. The van der Waals surface area contributed by atoms with Crippen molar-refractivity contribution in [3.05, 3.63) is 45.9 Å². The molecule has 146 valence electrons. The first-order valence-electron chi connectivity index (χ1n) is 9.56. The third-order valence-electron chi connectivity index (χ3n) is 5.48. The molecule has 28 heavy (non-hydrogen) atoms. The second-order valence-electron chi connectivity index (χ2n) is 7.33. The first kappa shape index (κ1) is 17.8. The lowest BCUT2D eigenvalue weighted by Gasteiger charge is -2.37. The molecule has 5 rings (SSSR count). The number of hydrogen-bond acceptors (Lipinski definition) is 6. The van der Waals surface area contributed by atoms with E-state index in [1.807, 2.05) is 28.6 Å². The summed E-state index contributed by atoms with van der Waals surface area (Å²) in [6, 6.07) is 5.98. The zero-order valence-corrected chi connectivity index (χ0v) is 16.6. The van der Waals surface area contributed by atoms with E-state index in [9.17, 15) is 4.79 Å². The quantitative estimate of drug-likeness (QED) is 0.679. The van der Waals surface area contributed by atoms with Crippen LogP contribution >= 0.6 is 11.3 Å². The van der Waals surface area contributed by atoms with Gasteiger partial charge in [-0.3, -0.25) is 4.79 Å². The molecule has 3 aromatic heterocycles. The molecule has 0 aliphatic carbocycles. The number of fused-ring (bicyclic) bond motifs is 1. The summed E-state index contributed by atoms with van der Waals surface area (Å²) in [5, 5.41) is 7.36. The van der Waals surface area contributed by atoms with Crippen LogP contribution in [0.3, 0.4) is 0 Å². The second kappa shape index (κ2) is 6.95. The summed E-state index contributed by atoms with van der Waals surface area (Å²) in [5.41, 5.74) is 2.25. The maximum Gasteiger partial charge on any atom is 0.254 e. The molecule has 0 aromatic carbocycles. The SMILES string of the molecule is Cc1cc(C(=O)N2CCC3(CC2)OCCO3)c2cnn(Cc3cccs3)c2n1. The summed E-state index contributed by atoms with van der Waals surface area (Å²) in [6.07, 6.45) is 3.18. The Morgan fingerprint density at radius 1 is 1.29 bits per heavy atom. The molecule has 2 saturated heterocycles. The Labute approximate surface area is 166 Å². The highest BCUT2D eigenvalue weighted by atomic mass is 32.1. The fourth-order valence-corrected chi connectivity index (χ4v) is 4.71. The Hall–Kier alpha value is -2.29. The van der Waals surface area contributed by atoms with Crippen molar-refractivity contribution in [1.29, 1.82) is 0 Å². The molecule has 0 N–H and O–H groups in total. The number of likely N-dealkylation sites (tertiary alicyclic amines) is 1. The van der Waals surface area contributed by atoms with Crippen LogP contribution < -0.4 is 0 Å². The Morgan fingerprint density at radius 3 is 2.79 bits per heavy atom. The number of aryl methyl sites for hydroxylation is 1. The number of nitrogens with zero attached hydrogens (tertiary/aromatic N) is 4. The monoisotopic (exact) mass is 398 g/mol. The molecule has 2 fully saturated rings. The lowest BCUT2D eigenvalue weighted by molar-refractivity contribution is -0.181. The van der Waals surface area contributed by atoms with E-state index in [4.69, 9.17) is 9.47 Å². The number of ether oxygens (including phenoxy) is 2. The van der Waals surface area contributed by atoms with Gasteiger partial charge in [-0.2, -0.15) is 5.10 Å². The molecule has 2 aliphatic rings. The standard InChI is InChI=1S/C20H22N4O3S/c1-14-11-16(19(25)23-6-4-20(5-7-23)26-8-9-27-20)17-12-21-24(18(17)22-14)13-15-3-2-10-28-15/h2-3,10-12H,4-9,13H2,1H3. The van der Waals surface area contributed by atoms with Gasteiger partial charge in [0.2, 0.25) is 0 Å². The minimum absolute atomic E-state index is 0.0269. The average Bonchev–Trinajstić information content (AvgIpc) is 3.45. The minimum Gasteiger partial charge on any atom is -0.347 e. The van der Waals surface area contributed by atoms with E-state index < -0.39 is 5.79 Å². The van der Waals surface area contributed by atoms with Gasteiger partial charge in [-0.15, -0.1) is 11.3 Å². The van der Waals surface area contributed by atoms with Crippen molar-refractivity contribution in [2.24, 2.45) is 0 Å². The van der Waals surface area contributed by atoms with Crippen LogP contribution in [0.5, 0.6) is 0 Å². The molecule has 7 nitrogen and oxygen atoms in total. The predicted molar refractivity (Wildman–Crippen MR) is 105 cm³/mol. The van der Waals surface area contributed by atoms with Crippen molar-refractivity contribution in [2.75, 3.05) is 26.3 Å². The summed E-state index contributed by atoms with van der Waals surface area (Å²) in [7, 11) is 0. The Kier molecular flexibility index (Phi) is 4.41. The number of piperidine rings is 1. The summed E-state index contributed by atoms with van der Waals surface area (Å²) in [4.78, 5) is 21.0. The van der Waals surface area contributed by atoms with E-state index in [1.54, 1.807) is 17.5 Å². The predicted octanol–water partition coefficient (Wildman–Crippen LogP) is 2.83. The van der Waals surface area contributed by atoms with Gasteiger partial charge in [0.1, 0.15) is 0 Å². The van der Waals surface area contributed by atoms with Gasteiger partial charge >= 0.3 is 0 Å². The van der Waals surface area contributed by atoms with Crippen LogP contribution in [-0.4, -0.2) is 57.7 Å². The number of carbonyl (C=O) groups excluding carboxylic acids is 1. The molecule has 0 bridgehead atoms. The molecule has 0 radical (unpaired) electrons. The second-order valence-corrected chi connectivity index (χ2v) is 8.36. The zero-order valence-electron chi connectivity index (χ0n) is 15.8. The fourth-order valence-electron chi connectivity index (χ4n) is 4.02. The first-order valence-corrected chi connectivity index (χ1v) is 10.4. The molecule has 0 saturated carbocycles. The van der Waals surface area contributed by atoms with Crippen LogP contribution in [0.25, 0.3) is 11.0 Å². The molecule has 2 aliphatic heterocycles. The molecule has 5 heterocycles. The van der Waals surface area contributed by atoms with Gasteiger partial charge in [-0.25, -0.2) is 9.67 Å².